The van der Waals surface area contributed by atoms with E-state index in [0.29, 0.717) is 5.25 Å². The number of pyridine rings is 1. The Hall–Kier alpha value is -0.740. The maximum Gasteiger partial charge on any atom is 0.213 e. The number of ether oxygens (including phenoxy) is 2. The van der Waals surface area contributed by atoms with Crippen LogP contribution in [0.25, 0.3) is 0 Å². The number of nitrogens with zero attached hydrogens (tertiary/aromatic N) is 1. The first-order valence-electron chi connectivity index (χ1n) is 6.02. The lowest BCUT2D eigenvalue weighted by Crippen LogP contribution is -2.26. The molecule has 0 spiro atoms. The van der Waals surface area contributed by atoms with Crippen molar-refractivity contribution in [3.8, 4) is 5.88 Å². The molecular weight excluding hydrogens is 234 g/mol. The van der Waals surface area contributed by atoms with Crippen LogP contribution in [0.15, 0.2) is 18.3 Å². The minimum absolute atomic E-state index is 0.264. The Balaban J connectivity index is 1.93. The number of hydrogen-bond donors (Lipinski definition) is 0. The van der Waals surface area contributed by atoms with Crippen molar-refractivity contribution >= 4 is 11.8 Å². The van der Waals surface area contributed by atoms with Crippen LogP contribution in [-0.2, 0) is 4.74 Å². The summed E-state index contributed by atoms with van der Waals surface area (Å²) in [6.07, 6.45) is 6.21. The van der Waals surface area contributed by atoms with E-state index in [-0.39, 0.29) is 6.10 Å². The summed E-state index contributed by atoms with van der Waals surface area (Å²) in [5.74, 6) is 0.731. The van der Waals surface area contributed by atoms with Crippen LogP contribution in [0.5, 0.6) is 5.88 Å². The van der Waals surface area contributed by atoms with E-state index in [1.807, 2.05) is 24.0 Å². The first kappa shape index (κ1) is 12.7. The third-order valence-electron chi connectivity index (χ3n) is 3.04. The predicted octanol–water partition coefficient (Wildman–Crippen LogP) is 3.06. The minimum atomic E-state index is 0.264. The molecule has 0 amide bonds. The molecule has 17 heavy (non-hydrogen) atoms. The summed E-state index contributed by atoms with van der Waals surface area (Å²) >= 11 is 1.82. The third kappa shape index (κ3) is 3.61. The third-order valence-corrected chi connectivity index (χ3v) is 4.02. The summed E-state index contributed by atoms with van der Waals surface area (Å²) < 4.78 is 11.1. The van der Waals surface area contributed by atoms with Crippen molar-refractivity contribution in [1.82, 2.24) is 4.98 Å². The minimum Gasteiger partial charge on any atom is -0.474 e. The van der Waals surface area contributed by atoms with Crippen LogP contribution in [0.1, 0.15) is 30.6 Å². The highest BCUT2D eigenvalue weighted by Crippen LogP contribution is 2.26. The Bertz CT molecular complexity index is 336. The normalized spacial score (nSPS) is 18.9. The molecule has 1 aromatic heterocycles. The molecule has 1 atom stereocenters. The van der Waals surface area contributed by atoms with E-state index >= 15 is 0 Å². The molecule has 1 unspecified atom stereocenters. The molecule has 0 bridgehead atoms. The van der Waals surface area contributed by atoms with E-state index in [4.69, 9.17) is 9.47 Å². The van der Waals surface area contributed by atoms with Crippen molar-refractivity contribution in [2.45, 2.75) is 31.1 Å². The fourth-order valence-electron chi connectivity index (χ4n) is 1.80. The van der Waals surface area contributed by atoms with Crippen LogP contribution in [0.3, 0.4) is 0 Å². The Labute approximate surface area is 107 Å². The van der Waals surface area contributed by atoms with Gasteiger partial charge < -0.3 is 9.47 Å². The van der Waals surface area contributed by atoms with Crippen molar-refractivity contribution < 1.29 is 9.47 Å². The molecule has 2 heterocycles. The van der Waals surface area contributed by atoms with E-state index in [9.17, 15) is 0 Å². The quantitative estimate of drug-likeness (QED) is 0.825. The van der Waals surface area contributed by atoms with Gasteiger partial charge in [0, 0.05) is 30.4 Å². The van der Waals surface area contributed by atoms with Crippen LogP contribution in [-0.4, -0.2) is 30.6 Å². The highest BCUT2D eigenvalue weighted by Gasteiger charge is 2.15. The Morgan fingerprint density at radius 2 is 2.18 bits per heavy atom. The SMILES string of the molecule is CSC(C)c1ccc(OC2CCOCC2)nc1. The predicted molar refractivity (Wildman–Crippen MR) is 70.6 cm³/mol. The topological polar surface area (TPSA) is 31.4 Å². The molecule has 4 heteroatoms. The molecule has 0 saturated carbocycles. The smallest absolute Gasteiger partial charge is 0.213 e. The van der Waals surface area contributed by atoms with Crippen molar-refractivity contribution in [1.29, 1.82) is 0 Å². The average Bonchev–Trinajstić information content (AvgIpc) is 2.40. The number of hydrogen-bond acceptors (Lipinski definition) is 4. The summed E-state index contributed by atoms with van der Waals surface area (Å²) in [5, 5.41) is 0.486. The molecule has 0 N–H and O–H groups in total. The second kappa shape index (κ2) is 6.26. The Kier molecular flexibility index (Phi) is 4.68. The van der Waals surface area contributed by atoms with Gasteiger partial charge in [-0.3, -0.25) is 0 Å². The standard InChI is InChI=1S/C13H19NO2S/c1-10(17-2)11-3-4-13(14-9-11)16-12-5-7-15-8-6-12/h3-4,9-10,12H,5-8H2,1-2H3. The van der Waals surface area contributed by atoms with Gasteiger partial charge in [0.05, 0.1) is 13.2 Å². The van der Waals surface area contributed by atoms with E-state index in [2.05, 4.69) is 24.2 Å². The number of thioether (sulfide) groups is 1. The average molecular weight is 253 g/mol. The highest BCUT2D eigenvalue weighted by atomic mass is 32.2. The van der Waals surface area contributed by atoms with Crippen LogP contribution >= 0.6 is 11.8 Å². The summed E-state index contributed by atoms with van der Waals surface area (Å²) in [5.41, 5.74) is 1.25. The summed E-state index contributed by atoms with van der Waals surface area (Å²) in [6.45, 7) is 3.78. The second-order valence-electron chi connectivity index (χ2n) is 4.24. The van der Waals surface area contributed by atoms with E-state index in [1.165, 1.54) is 5.56 Å². The van der Waals surface area contributed by atoms with Gasteiger partial charge in [0.25, 0.3) is 0 Å². The lowest BCUT2D eigenvalue weighted by Gasteiger charge is -2.22. The summed E-state index contributed by atoms with van der Waals surface area (Å²) in [6, 6.07) is 4.07. The maximum atomic E-state index is 5.83. The van der Waals surface area contributed by atoms with Crippen LogP contribution in [0.2, 0.25) is 0 Å². The maximum absolute atomic E-state index is 5.83. The molecule has 0 aliphatic carbocycles. The molecule has 1 aliphatic rings. The van der Waals surface area contributed by atoms with Crippen LogP contribution < -0.4 is 4.74 Å². The van der Waals surface area contributed by atoms with Crippen molar-refractivity contribution in [2.75, 3.05) is 19.5 Å². The molecule has 3 nitrogen and oxygen atoms in total. The highest BCUT2D eigenvalue weighted by molar-refractivity contribution is 7.98. The van der Waals surface area contributed by atoms with E-state index in [0.717, 1.165) is 31.9 Å². The van der Waals surface area contributed by atoms with E-state index in [1.54, 1.807) is 0 Å². The first-order chi connectivity index (χ1) is 8.29. The molecule has 1 aromatic rings. The Morgan fingerprint density at radius 1 is 1.41 bits per heavy atom. The zero-order valence-corrected chi connectivity index (χ0v) is 11.2. The van der Waals surface area contributed by atoms with Gasteiger partial charge in [0.15, 0.2) is 0 Å². The first-order valence-corrected chi connectivity index (χ1v) is 7.31. The number of rotatable bonds is 4. The Morgan fingerprint density at radius 3 is 2.76 bits per heavy atom. The molecule has 2 rings (SSSR count). The van der Waals surface area contributed by atoms with Gasteiger partial charge in [-0.05, 0) is 18.7 Å². The molecular formula is C13H19NO2S. The van der Waals surface area contributed by atoms with Crippen molar-refractivity contribution in [3.05, 3.63) is 23.9 Å². The molecule has 94 valence electrons. The van der Waals surface area contributed by atoms with Gasteiger partial charge >= 0.3 is 0 Å². The monoisotopic (exact) mass is 253 g/mol. The fourth-order valence-corrected chi connectivity index (χ4v) is 2.21. The second-order valence-corrected chi connectivity index (χ2v) is 5.42. The van der Waals surface area contributed by atoms with Crippen molar-refractivity contribution in [3.63, 3.8) is 0 Å². The lowest BCUT2D eigenvalue weighted by atomic mass is 10.1. The molecule has 0 aromatic carbocycles. The van der Waals surface area contributed by atoms with Crippen LogP contribution in [0.4, 0.5) is 0 Å². The number of aromatic nitrogens is 1. The van der Waals surface area contributed by atoms with Gasteiger partial charge in [-0.15, -0.1) is 0 Å². The largest absolute Gasteiger partial charge is 0.474 e. The zero-order chi connectivity index (χ0) is 12.1. The lowest BCUT2D eigenvalue weighted by molar-refractivity contribution is 0.0237. The molecule has 1 fully saturated rings. The van der Waals surface area contributed by atoms with Crippen LogP contribution in [0, 0.1) is 0 Å². The fraction of sp³-hybridized carbons (Fsp3) is 0.615. The molecule has 1 aliphatic heterocycles. The summed E-state index contributed by atoms with van der Waals surface area (Å²) in [4.78, 5) is 4.37. The van der Waals surface area contributed by atoms with Gasteiger partial charge in [-0.2, -0.15) is 11.8 Å². The molecule has 0 radical (unpaired) electrons. The van der Waals surface area contributed by atoms with E-state index < -0.39 is 0 Å². The van der Waals surface area contributed by atoms with Gasteiger partial charge in [0.2, 0.25) is 5.88 Å². The molecule has 1 saturated heterocycles. The van der Waals surface area contributed by atoms with Crippen molar-refractivity contribution in [2.24, 2.45) is 0 Å². The van der Waals surface area contributed by atoms with Gasteiger partial charge in [0.1, 0.15) is 6.10 Å². The van der Waals surface area contributed by atoms with Gasteiger partial charge in [-0.25, -0.2) is 4.98 Å². The summed E-state index contributed by atoms with van der Waals surface area (Å²) in [7, 11) is 0. The van der Waals surface area contributed by atoms with Gasteiger partial charge in [-0.1, -0.05) is 6.07 Å². The zero-order valence-electron chi connectivity index (χ0n) is 10.4.